The lowest BCUT2D eigenvalue weighted by Gasteiger charge is -2.08. The number of aromatic nitrogens is 1. The molecule has 0 aliphatic rings. The number of rotatable bonds is 4. The van der Waals surface area contributed by atoms with Crippen LogP contribution in [0.4, 0.5) is 18.9 Å². The molecule has 1 amide bonds. The number of non-ortho nitro benzene ring substituents is 1. The van der Waals surface area contributed by atoms with Gasteiger partial charge in [-0.3, -0.25) is 19.5 Å². The van der Waals surface area contributed by atoms with Crippen molar-refractivity contribution in [3.05, 3.63) is 38.9 Å². The SMILES string of the molecule is O=C(Cn1c(=O)oc2ccc([N+](=O)[O-])cc21)NCC(F)(F)F. The quantitative estimate of drug-likeness (QED) is 0.672. The van der Waals surface area contributed by atoms with Crippen molar-refractivity contribution in [3.63, 3.8) is 0 Å². The van der Waals surface area contributed by atoms with Gasteiger partial charge >= 0.3 is 11.9 Å². The van der Waals surface area contributed by atoms with Crippen molar-refractivity contribution in [2.24, 2.45) is 0 Å². The zero-order valence-electron chi connectivity index (χ0n) is 10.7. The van der Waals surface area contributed by atoms with Crippen LogP contribution in [0.3, 0.4) is 0 Å². The van der Waals surface area contributed by atoms with Crippen molar-refractivity contribution < 1.29 is 27.3 Å². The van der Waals surface area contributed by atoms with Crippen LogP contribution < -0.4 is 11.1 Å². The molecule has 0 saturated heterocycles. The van der Waals surface area contributed by atoms with Crippen LogP contribution in [0.25, 0.3) is 11.1 Å². The van der Waals surface area contributed by atoms with E-state index in [-0.39, 0.29) is 16.8 Å². The molecule has 2 rings (SSSR count). The first-order chi connectivity index (χ1) is 10.2. The number of carbonyl (C=O) groups is 1. The number of nitrogens with zero attached hydrogens (tertiary/aromatic N) is 2. The lowest BCUT2D eigenvalue weighted by Crippen LogP contribution is -2.37. The maximum atomic E-state index is 12.0. The zero-order valence-corrected chi connectivity index (χ0v) is 10.7. The molecule has 0 atom stereocenters. The van der Waals surface area contributed by atoms with Gasteiger partial charge in [-0.15, -0.1) is 0 Å². The number of alkyl halides is 3. The molecule has 8 nitrogen and oxygen atoms in total. The van der Waals surface area contributed by atoms with E-state index < -0.39 is 35.9 Å². The van der Waals surface area contributed by atoms with E-state index in [2.05, 4.69) is 0 Å². The Morgan fingerprint density at radius 3 is 2.68 bits per heavy atom. The topological polar surface area (TPSA) is 107 Å². The van der Waals surface area contributed by atoms with Gasteiger partial charge in [-0.2, -0.15) is 13.2 Å². The summed E-state index contributed by atoms with van der Waals surface area (Å²) in [5.74, 6) is -2.08. The standard InChI is InChI=1S/C11H8F3N3O5/c12-11(13,14)5-15-9(18)4-16-7-3-6(17(20)21)1-2-8(7)22-10(16)19/h1-3H,4-5H2,(H,15,18). The summed E-state index contributed by atoms with van der Waals surface area (Å²) in [6.07, 6.45) is -4.59. The van der Waals surface area contributed by atoms with Crippen molar-refractivity contribution in [1.82, 2.24) is 9.88 Å². The number of oxazole rings is 1. The number of benzene rings is 1. The molecule has 1 N–H and O–H groups in total. The molecule has 1 aromatic heterocycles. The van der Waals surface area contributed by atoms with Crippen LogP contribution >= 0.6 is 0 Å². The molecule has 0 radical (unpaired) electrons. The van der Waals surface area contributed by atoms with Crippen molar-refractivity contribution in [2.45, 2.75) is 12.7 Å². The number of amides is 1. The predicted octanol–water partition coefficient (Wildman–Crippen LogP) is 1.18. The van der Waals surface area contributed by atoms with Crippen molar-refractivity contribution in [3.8, 4) is 0 Å². The monoisotopic (exact) mass is 319 g/mol. The van der Waals surface area contributed by atoms with Crippen LogP contribution in [0.15, 0.2) is 27.4 Å². The molecule has 1 heterocycles. The smallest absolute Gasteiger partial charge is 0.408 e. The predicted molar refractivity (Wildman–Crippen MR) is 66.2 cm³/mol. The number of nitro groups is 1. The average molecular weight is 319 g/mol. The molecule has 0 spiro atoms. The van der Waals surface area contributed by atoms with Gasteiger partial charge in [0.25, 0.3) is 5.69 Å². The average Bonchev–Trinajstić information content (AvgIpc) is 2.71. The summed E-state index contributed by atoms with van der Waals surface area (Å²) < 4.78 is 41.5. The Morgan fingerprint density at radius 1 is 1.41 bits per heavy atom. The van der Waals surface area contributed by atoms with Gasteiger partial charge in [0, 0.05) is 12.1 Å². The van der Waals surface area contributed by atoms with E-state index in [1.54, 1.807) is 5.32 Å². The Labute approximate surface area is 119 Å². The molecule has 0 aliphatic carbocycles. The van der Waals surface area contributed by atoms with Gasteiger partial charge in [0.15, 0.2) is 5.58 Å². The van der Waals surface area contributed by atoms with Crippen LogP contribution in [0, 0.1) is 10.1 Å². The minimum absolute atomic E-state index is 0.0146. The molecular formula is C11H8F3N3O5. The number of carbonyl (C=O) groups excluding carboxylic acids is 1. The summed E-state index contributed by atoms with van der Waals surface area (Å²) in [5.41, 5.74) is -0.418. The third-order valence-corrected chi connectivity index (χ3v) is 2.65. The fourth-order valence-electron chi connectivity index (χ4n) is 1.71. The number of hydrogen-bond acceptors (Lipinski definition) is 5. The van der Waals surface area contributed by atoms with Crippen molar-refractivity contribution in [2.75, 3.05) is 6.54 Å². The fourth-order valence-corrected chi connectivity index (χ4v) is 1.71. The number of nitro benzene ring substituents is 1. The molecule has 2 aromatic rings. The van der Waals surface area contributed by atoms with Crippen LogP contribution in [-0.4, -0.2) is 28.1 Å². The van der Waals surface area contributed by atoms with E-state index in [1.807, 2.05) is 0 Å². The molecule has 118 valence electrons. The highest BCUT2D eigenvalue weighted by molar-refractivity contribution is 5.80. The first-order valence-electron chi connectivity index (χ1n) is 5.78. The molecule has 0 bridgehead atoms. The Balaban J connectivity index is 2.28. The highest BCUT2D eigenvalue weighted by atomic mass is 19.4. The second kappa shape index (κ2) is 5.50. The second-order valence-corrected chi connectivity index (χ2v) is 4.26. The Kier molecular flexibility index (Phi) is 3.89. The van der Waals surface area contributed by atoms with E-state index in [0.717, 1.165) is 12.1 Å². The van der Waals surface area contributed by atoms with E-state index in [1.165, 1.54) is 6.07 Å². The normalized spacial score (nSPS) is 11.6. The Morgan fingerprint density at radius 2 is 2.09 bits per heavy atom. The van der Waals surface area contributed by atoms with Gasteiger partial charge in [-0.25, -0.2) is 4.79 Å². The largest absolute Gasteiger partial charge is 0.420 e. The summed E-state index contributed by atoms with van der Waals surface area (Å²) >= 11 is 0. The first kappa shape index (κ1) is 15.5. The summed E-state index contributed by atoms with van der Waals surface area (Å²) in [4.78, 5) is 33.0. The third-order valence-electron chi connectivity index (χ3n) is 2.65. The number of nitrogens with one attached hydrogen (secondary N) is 1. The van der Waals surface area contributed by atoms with Gasteiger partial charge in [-0.1, -0.05) is 0 Å². The lowest BCUT2D eigenvalue weighted by atomic mass is 10.3. The molecule has 0 unspecified atom stereocenters. The van der Waals surface area contributed by atoms with Gasteiger partial charge in [0.2, 0.25) is 5.91 Å². The highest BCUT2D eigenvalue weighted by Crippen LogP contribution is 2.20. The molecule has 1 aromatic carbocycles. The van der Waals surface area contributed by atoms with Gasteiger partial charge in [-0.05, 0) is 6.07 Å². The molecule has 0 fully saturated rings. The van der Waals surface area contributed by atoms with Crippen LogP contribution in [0.1, 0.15) is 0 Å². The minimum Gasteiger partial charge on any atom is -0.408 e. The summed E-state index contributed by atoms with van der Waals surface area (Å²) in [7, 11) is 0. The molecule has 0 aliphatic heterocycles. The summed E-state index contributed by atoms with van der Waals surface area (Å²) in [6.45, 7) is -2.29. The fraction of sp³-hybridized carbons (Fsp3) is 0.273. The Bertz CT molecular complexity index is 792. The number of hydrogen-bond donors (Lipinski definition) is 1. The van der Waals surface area contributed by atoms with E-state index >= 15 is 0 Å². The van der Waals surface area contributed by atoms with Gasteiger partial charge < -0.3 is 9.73 Å². The molecular weight excluding hydrogens is 311 g/mol. The van der Waals surface area contributed by atoms with E-state index in [4.69, 9.17) is 4.42 Å². The van der Waals surface area contributed by atoms with Gasteiger partial charge in [0.05, 0.1) is 10.4 Å². The number of halogens is 3. The van der Waals surface area contributed by atoms with E-state index in [9.17, 15) is 32.9 Å². The molecule has 11 heteroatoms. The minimum atomic E-state index is -4.59. The summed E-state index contributed by atoms with van der Waals surface area (Å²) in [6, 6.07) is 3.26. The lowest BCUT2D eigenvalue weighted by molar-refractivity contribution is -0.384. The molecule has 22 heavy (non-hydrogen) atoms. The van der Waals surface area contributed by atoms with Gasteiger partial charge in [0.1, 0.15) is 13.1 Å². The highest BCUT2D eigenvalue weighted by Gasteiger charge is 2.28. The van der Waals surface area contributed by atoms with Crippen molar-refractivity contribution in [1.29, 1.82) is 0 Å². The van der Waals surface area contributed by atoms with Crippen molar-refractivity contribution >= 4 is 22.7 Å². The Hall–Kier alpha value is -2.85. The van der Waals surface area contributed by atoms with Crippen LogP contribution in [-0.2, 0) is 11.3 Å². The zero-order chi connectivity index (χ0) is 16.5. The first-order valence-corrected chi connectivity index (χ1v) is 5.78. The number of fused-ring (bicyclic) bond motifs is 1. The second-order valence-electron chi connectivity index (χ2n) is 4.26. The van der Waals surface area contributed by atoms with Crippen LogP contribution in [0.5, 0.6) is 0 Å². The molecule has 0 saturated carbocycles. The maximum Gasteiger partial charge on any atom is 0.420 e. The van der Waals surface area contributed by atoms with E-state index in [0.29, 0.717) is 4.57 Å². The van der Waals surface area contributed by atoms with Crippen LogP contribution in [0.2, 0.25) is 0 Å². The summed E-state index contributed by atoms with van der Waals surface area (Å²) in [5, 5.41) is 12.3. The third kappa shape index (κ3) is 3.42. The maximum absolute atomic E-state index is 12.0.